The van der Waals surface area contributed by atoms with E-state index in [2.05, 4.69) is 48.0 Å². The van der Waals surface area contributed by atoms with Crippen LogP contribution in [0.25, 0.3) is 10.9 Å². The fraction of sp³-hybridized carbons (Fsp3) is 0.211. The largest absolute Gasteiger partial charge is 0.550 e. The second-order valence-corrected chi connectivity index (χ2v) is 5.66. The van der Waals surface area contributed by atoms with E-state index in [9.17, 15) is 9.90 Å². The lowest BCUT2D eigenvalue weighted by Crippen LogP contribution is -2.22. The lowest BCUT2D eigenvalue weighted by atomic mass is 10.1. The van der Waals surface area contributed by atoms with Gasteiger partial charge in [0.2, 0.25) is 0 Å². The molecule has 112 valence electrons. The smallest absolute Gasteiger partial charge is 0.0486 e. The second kappa shape index (κ2) is 6.06. The van der Waals surface area contributed by atoms with E-state index in [1.165, 1.54) is 11.1 Å². The van der Waals surface area contributed by atoms with Crippen LogP contribution in [0.3, 0.4) is 0 Å². The Morgan fingerprint density at radius 1 is 1.09 bits per heavy atom. The van der Waals surface area contributed by atoms with Crippen LogP contribution < -0.4 is 5.11 Å². The third-order valence-electron chi connectivity index (χ3n) is 3.94. The Balaban J connectivity index is 1.95. The maximum atomic E-state index is 10.7. The summed E-state index contributed by atoms with van der Waals surface area (Å²) >= 11 is 0. The number of nitrogens with zero attached hydrogens (tertiary/aromatic N) is 1. The quantitative estimate of drug-likeness (QED) is 0.725. The Kier molecular flexibility index (Phi) is 3.96. The molecule has 1 heterocycles. The molecule has 0 amide bonds. The first-order valence-electron chi connectivity index (χ1n) is 7.45. The molecule has 0 atom stereocenters. The van der Waals surface area contributed by atoms with E-state index >= 15 is 0 Å². The lowest BCUT2D eigenvalue weighted by molar-refractivity contribution is -0.305. The molecule has 1 aromatic heterocycles. The Bertz CT molecular complexity index is 800. The van der Waals surface area contributed by atoms with Crippen LogP contribution in [0.2, 0.25) is 0 Å². The van der Waals surface area contributed by atoms with Crippen LogP contribution in [-0.2, 0) is 17.8 Å². The highest BCUT2D eigenvalue weighted by atomic mass is 16.4. The van der Waals surface area contributed by atoms with Gasteiger partial charge in [-0.3, -0.25) is 0 Å². The van der Waals surface area contributed by atoms with Crippen molar-refractivity contribution in [1.82, 2.24) is 4.57 Å². The van der Waals surface area contributed by atoms with Gasteiger partial charge in [-0.05, 0) is 37.0 Å². The molecule has 22 heavy (non-hydrogen) atoms. The minimum Gasteiger partial charge on any atom is -0.550 e. The number of aliphatic carboxylic acids is 1. The number of carboxylic acid groups (broad SMARTS) is 1. The van der Waals surface area contributed by atoms with Crippen molar-refractivity contribution in [1.29, 1.82) is 0 Å². The van der Waals surface area contributed by atoms with E-state index in [0.717, 1.165) is 23.0 Å². The fourth-order valence-corrected chi connectivity index (χ4v) is 2.78. The fourth-order valence-electron chi connectivity index (χ4n) is 2.78. The van der Waals surface area contributed by atoms with Crippen molar-refractivity contribution in [2.24, 2.45) is 0 Å². The maximum Gasteiger partial charge on any atom is 0.0486 e. The number of aryl methyl sites for hydroxylation is 2. The van der Waals surface area contributed by atoms with Gasteiger partial charge in [-0.25, -0.2) is 0 Å². The molecule has 0 radical (unpaired) electrons. The molecule has 3 nitrogen and oxygen atoms in total. The molecule has 3 aromatic rings. The van der Waals surface area contributed by atoms with Crippen LogP contribution in [0.15, 0.2) is 54.7 Å². The number of rotatable bonds is 5. The average Bonchev–Trinajstić information content (AvgIpc) is 2.86. The molecule has 0 bridgehead atoms. The number of carboxylic acids is 1. The summed E-state index contributed by atoms with van der Waals surface area (Å²) in [5.41, 5.74) is 4.68. The predicted molar refractivity (Wildman–Crippen MR) is 85.5 cm³/mol. The molecule has 0 aliphatic heterocycles. The highest BCUT2D eigenvalue weighted by molar-refractivity contribution is 5.84. The van der Waals surface area contributed by atoms with Gasteiger partial charge in [-0.1, -0.05) is 48.0 Å². The highest BCUT2D eigenvalue weighted by Gasteiger charge is 2.08. The van der Waals surface area contributed by atoms with Crippen molar-refractivity contribution in [3.05, 3.63) is 71.4 Å². The van der Waals surface area contributed by atoms with E-state index in [-0.39, 0.29) is 6.42 Å². The van der Waals surface area contributed by atoms with Gasteiger partial charge < -0.3 is 14.5 Å². The Morgan fingerprint density at radius 2 is 1.82 bits per heavy atom. The van der Waals surface area contributed by atoms with Gasteiger partial charge in [-0.15, -0.1) is 0 Å². The Morgan fingerprint density at radius 3 is 2.55 bits per heavy atom. The van der Waals surface area contributed by atoms with Gasteiger partial charge in [0.05, 0.1) is 0 Å². The average molecular weight is 292 g/mol. The number of carbonyl (C=O) groups excluding carboxylic acids is 1. The molecule has 0 saturated heterocycles. The Hall–Kier alpha value is -2.55. The summed E-state index contributed by atoms with van der Waals surface area (Å²) in [6.07, 6.45) is 2.62. The molecule has 0 saturated carbocycles. The van der Waals surface area contributed by atoms with E-state index < -0.39 is 5.97 Å². The first-order valence-corrected chi connectivity index (χ1v) is 7.45. The molecular weight excluding hydrogens is 274 g/mol. The van der Waals surface area contributed by atoms with Crippen LogP contribution in [0.4, 0.5) is 0 Å². The van der Waals surface area contributed by atoms with Gasteiger partial charge in [0.25, 0.3) is 0 Å². The monoisotopic (exact) mass is 292 g/mol. The number of aromatic nitrogens is 1. The third kappa shape index (κ3) is 3.03. The molecule has 0 fully saturated rings. The zero-order valence-electron chi connectivity index (χ0n) is 12.6. The van der Waals surface area contributed by atoms with Crippen LogP contribution in [-0.4, -0.2) is 10.5 Å². The van der Waals surface area contributed by atoms with Crippen molar-refractivity contribution in [2.45, 2.75) is 26.3 Å². The van der Waals surface area contributed by atoms with Gasteiger partial charge >= 0.3 is 0 Å². The summed E-state index contributed by atoms with van der Waals surface area (Å²) in [4.78, 5) is 10.7. The zero-order chi connectivity index (χ0) is 15.5. The molecule has 2 aromatic carbocycles. The summed E-state index contributed by atoms with van der Waals surface area (Å²) in [5.74, 6) is -1.00. The number of carbonyl (C=O) groups is 1. The molecule has 0 aliphatic carbocycles. The minimum absolute atomic E-state index is 0.0541. The molecule has 0 N–H and O–H groups in total. The SMILES string of the molecule is Cc1ccc(Cn2cc(CCC(=O)[O-])c3ccccc32)cc1. The van der Waals surface area contributed by atoms with Crippen molar-refractivity contribution < 1.29 is 9.90 Å². The number of benzene rings is 2. The van der Waals surface area contributed by atoms with Crippen LogP contribution in [0, 0.1) is 6.92 Å². The predicted octanol–water partition coefficient (Wildman–Crippen LogP) is 2.68. The van der Waals surface area contributed by atoms with Gasteiger partial charge in [-0.2, -0.15) is 0 Å². The van der Waals surface area contributed by atoms with E-state index in [1.54, 1.807) is 0 Å². The normalized spacial score (nSPS) is 11.0. The molecule has 0 unspecified atom stereocenters. The maximum absolute atomic E-state index is 10.7. The highest BCUT2D eigenvalue weighted by Crippen LogP contribution is 2.23. The van der Waals surface area contributed by atoms with Crippen molar-refractivity contribution >= 4 is 16.9 Å². The summed E-state index contributed by atoms with van der Waals surface area (Å²) in [7, 11) is 0. The molecule has 0 spiro atoms. The topological polar surface area (TPSA) is 45.1 Å². The molecular formula is C19H18NO2-. The lowest BCUT2D eigenvalue weighted by Gasteiger charge is -2.06. The van der Waals surface area contributed by atoms with Crippen molar-refractivity contribution in [3.63, 3.8) is 0 Å². The summed E-state index contributed by atoms with van der Waals surface area (Å²) in [5, 5.41) is 11.8. The zero-order valence-corrected chi connectivity index (χ0v) is 12.6. The number of para-hydroxylation sites is 1. The third-order valence-corrected chi connectivity index (χ3v) is 3.94. The second-order valence-electron chi connectivity index (χ2n) is 5.66. The van der Waals surface area contributed by atoms with Gasteiger partial charge in [0.1, 0.15) is 0 Å². The number of hydrogen-bond donors (Lipinski definition) is 0. The van der Waals surface area contributed by atoms with E-state index in [4.69, 9.17) is 0 Å². The van der Waals surface area contributed by atoms with Crippen LogP contribution in [0.5, 0.6) is 0 Å². The summed E-state index contributed by atoms with van der Waals surface area (Å²) in [6.45, 7) is 2.86. The first-order chi connectivity index (χ1) is 10.6. The molecule has 0 aliphatic rings. The first kappa shape index (κ1) is 14.4. The molecule has 3 rings (SSSR count). The number of hydrogen-bond acceptors (Lipinski definition) is 2. The van der Waals surface area contributed by atoms with Crippen molar-refractivity contribution in [3.8, 4) is 0 Å². The molecule has 3 heteroatoms. The number of fused-ring (bicyclic) bond motifs is 1. The minimum atomic E-state index is -1.00. The van der Waals surface area contributed by atoms with E-state index in [1.807, 2.05) is 18.2 Å². The van der Waals surface area contributed by atoms with E-state index in [0.29, 0.717) is 6.42 Å². The van der Waals surface area contributed by atoms with Gasteiger partial charge in [0, 0.05) is 29.6 Å². The summed E-state index contributed by atoms with van der Waals surface area (Å²) < 4.78 is 2.19. The van der Waals surface area contributed by atoms with Crippen molar-refractivity contribution in [2.75, 3.05) is 0 Å². The Labute approximate surface area is 129 Å². The van der Waals surface area contributed by atoms with Crippen LogP contribution in [0.1, 0.15) is 23.1 Å². The summed E-state index contributed by atoms with van der Waals surface area (Å²) in [6, 6.07) is 16.6. The van der Waals surface area contributed by atoms with Crippen LogP contribution >= 0.6 is 0 Å². The standard InChI is InChI=1S/C19H19NO2/c1-14-6-8-15(9-7-14)12-20-13-16(10-11-19(21)22)17-4-2-3-5-18(17)20/h2-9,13H,10-12H2,1H3,(H,21,22)/p-1. The van der Waals surface area contributed by atoms with Gasteiger partial charge in [0.15, 0.2) is 0 Å².